The second kappa shape index (κ2) is 5.82. The van der Waals surface area contributed by atoms with Gasteiger partial charge in [-0.15, -0.1) is 11.8 Å². The van der Waals surface area contributed by atoms with Crippen molar-refractivity contribution < 1.29 is 0 Å². The molecule has 4 nitrogen and oxygen atoms in total. The Balaban J connectivity index is 2.42. The van der Waals surface area contributed by atoms with Crippen molar-refractivity contribution in [2.45, 2.75) is 5.03 Å². The molecule has 0 radical (unpaired) electrons. The van der Waals surface area contributed by atoms with Crippen LogP contribution >= 0.6 is 11.8 Å². The quantitative estimate of drug-likeness (QED) is 0.586. The van der Waals surface area contributed by atoms with Crippen LogP contribution in [0.5, 0.6) is 0 Å². The molecule has 1 N–H and O–H groups in total. The lowest BCUT2D eigenvalue weighted by Crippen LogP contribution is -2.14. The molecule has 1 aromatic rings. The van der Waals surface area contributed by atoms with Gasteiger partial charge in [-0.3, -0.25) is 0 Å². The molecule has 0 aliphatic heterocycles. The molecule has 0 aromatic carbocycles. The minimum atomic E-state index is 0.868. The second-order valence-electron chi connectivity index (χ2n) is 3.14. The molecule has 0 saturated carbocycles. The lowest BCUT2D eigenvalue weighted by Gasteiger charge is -2.08. The lowest BCUT2D eigenvalue weighted by molar-refractivity contribution is 0.437. The number of nitrogens with one attached hydrogen (secondary N) is 1. The van der Waals surface area contributed by atoms with Crippen molar-refractivity contribution in [2.75, 3.05) is 38.8 Å². The molecular formula is C9H16N4S. The number of thioether (sulfide) groups is 1. The first-order valence-electron chi connectivity index (χ1n) is 4.49. The predicted octanol–water partition coefficient (Wildman–Crippen LogP) is 1.17. The molecule has 5 heteroatoms. The maximum Gasteiger partial charge on any atom is 0.130 e. The van der Waals surface area contributed by atoms with E-state index in [0.29, 0.717) is 0 Å². The summed E-state index contributed by atoms with van der Waals surface area (Å²) in [7, 11) is 6.00. The Labute approximate surface area is 89.1 Å². The highest BCUT2D eigenvalue weighted by molar-refractivity contribution is 7.99. The third-order valence-corrected chi connectivity index (χ3v) is 2.59. The first kappa shape index (κ1) is 11.3. The van der Waals surface area contributed by atoms with Crippen LogP contribution in [0, 0.1) is 0 Å². The van der Waals surface area contributed by atoms with Crippen molar-refractivity contribution in [3.63, 3.8) is 0 Å². The topological polar surface area (TPSA) is 41.0 Å². The largest absolute Gasteiger partial charge is 0.373 e. The molecule has 0 amide bonds. The molecule has 0 aliphatic carbocycles. The Morgan fingerprint density at radius 1 is 1.43 bits per heavy atom. The van der Waals surface area contributed by atoms with Crippen LogP contribution in [0.15, 0.2) is 17.4 Å². The van der Waals surface area contributed by atoms with E-state index in [1.807, 2.05) is 13.1 Å². The molecule has 0 spiro atoms. The Hall–Kier alpha value is -0.810. The van der Waals surface area contributed by atoms with Crippen molar-refractivity contribution in [1.82, 2.24) is 14.9 Å². The third-order valence-electron chi connectivity index (χ3n) is 1.69. The SMILES string of the molecule is CNc1cc(SCCN(C)C)ncn1. The van der Waals surface area contributed by atoms with Gasteiger partial charge in [-0.05, 0) is 14.1 Å². The van der Waals surface area contributed by atoms with Crippen molar-refractivity contribution >= 4 is 17.6 Å². The van der Waals surface area contributed by atoms with Gasteiger partial charge in [0.2, 0.25) is 0 Å². The van der Waals surface area contributed by atoms with Gasteiger partial charge in [0.1, 0.15) is 17.2 Å². The van der Waals surface area contributed by atoms with Crippen LogP contribution in [0.2, 0.25) is 0 Å². The summed E-state index contributed by atoms with van der Waals surface area (Å²) in [4.78, 5) is 10.4. The molecule has 0 fully saturated rings. The van der Waals surface area contributed by atoms with Crippen LogP contribution in [0.25, 0.3) is 0 Å². The van der Waals surface area contributed by atoms with Gasteiger partial charge in [0.15, 0.2) is 0 Å². The summed E-state index contributed by atoms with van der Waals surface area (Å²) in [5, 5.41) is 4.01. The van der Waals surface area contributed by atoms with Crippen molar-refractivity contribution in [3.05, 3.63) is 12.4 Å². The van der Waals surface area contributed by atoms with Gasteiger partial charge in [0.25, 0.3) is 0 Å². The maximum absolute atomic E-state index is 4.18. The summed E-state index contributed by atoms with van der Waals surface area (Å²) in [5.74, 6) is 1.92. The molecule has 0 atom stereocenters. The average molecular weight is 212 g/mol. The molecule has 1 rings (SSSR count). The molecule has 0 saturated heterocycles. The number of hydrogen-bond donors (Lipinski definition) is 1. The van der Waals surface area contributed by atoms with Gasteiger partial charge >= 0.3 is 0 Å². The van der Waals surface area contributed by atoms with Gasteiger partial charge in [0, 0.05) is 25.4 Å². The zero-order valence-electron chi connectivity index (χ0n) is 8.82. The van der Waals surface area contributed by atoms with Crippen molar-refractivity contribution in [1.29, 1.82) is 0 Å². The van der Waals surface area contributed by atoms with E-state index in [0.717, 1.165) is 23.1 Å². The van der Waals surface area contributed by atoms with Gasteiger partial charge in [-0.1, -0.05) is 0 Å². The van der Waals surface area contributed by atoms with Crippen LogP contribution in [0.4, 0.5) is 5.82 Å². The monoisotopic (exact) mass is 212 g/mol. The predicted molar refractivity (Wildman–Crippen MR) is 60.9 cm³/mol. The van der Waals surface area contributed by atoms with Gasteiger partial charge < -0.3 is 10.2 Å². The van der Waals surface area contributed by atoms with E-state index in [4.69, 9.17) is 0 Å². The summed E-state index contributed by atoms with van der Waals surface area (Å²) in [5.41, 5.74) is 0. The number of anilines is 1. The fourth-order valence-electron chi connectivity index (χ4n) is 0.888. The Bertz CT molecular complexity index is 277. The minimum Gasteiger partial charge on any atom is -0.373 e. The molecular weight excluding hydrogens is 196 g/mol. The highest BCUT2D eigenvalue weighted by Crippen LogP contribution is 2.16. The maximum atomic E-state index is 4.18. The number of nitrogens with zero attached hydrogens (tertiary/aromatic N) is 3. The van der Waals surface area contributed by atoms with E-state index in [1.165, 1.54) is 0 Å². The van der Waals surface area contributed by atoms with Crippen LogP contribution in [-0.2, 0) is 0 Å². The smallest absolute Gasteiger partial charge is 0.130 e. The molecule has 14 heavy (non-hydrogen) atoms. The Morgan fingerprint density at radius 3 is 2.86 bits per heavy atom. The van der Waals surface area contributed by atoms with Gasteiger partial charge in [-0.25, -0.2) is 9.97 Å². The van der Waals surface area contributed by atoms with Crippen LogP contribution < -0.4 is 5.32 Å². The molecule has 1 heterocycles. The van der Waals surface area contributed by atoms with Crippen molar-refractivity contribution in [2.24, 2.45) is 0 Å². The molecule has 1 aromatic heterocycles. The van der Waals surface area contributed by atoms with Crippen LogP contribution in [-0.4, -0.2) is 48.3 Å². The lowest BCUT2D eigenvalue weighted by atomic mass is 10.6. The summed E-state index contributed by atoms with van der Waals surface area (Å²) in [6.45, 7) is 1.06. The van der Waals surface area contributed by atoms with E-state index in [-0.39, 0.29) is 0 Å². The first-order chi connectivity index (χ1) is 6.72. The number of rotatable bonds is 5. The normalized spacial score (nSPS) is 10.6. The van der Waals surface area contributed by atoms with E-state index < -0.39 is 0 Å². The number of hydrogen-bond acceptors (Lipinski definition) is 5. The number of aromatic nitrogens is 2. The summed E-state index contributed by atoms with van der Waals surface area (Å²) in [6, 6.07) is 1.96. The summed E-state index contributed by atoms with van der Waals surface area (Å²) < 4.78 is 0. The standard InChI is InChI=1S/C9H16N4S/c1-10-8-6-9(12-7-11-8)14-5-4-13(2)3/h6-7H,4-5H2,1-3H3,(H,10,11,12). The van der Waals surface area contributed by atoms with Crippen LogP contribution in [0.1, 0.15) is 0 Å². The first-order valence-corrected chi connectivity index (χ1v) is 5.48. The van der Waals surface area contributed by atoms with Gasteiger partial charge in [0.05, 0.1) is 0 Å². The van der Waals surface area contributed by atoms with Gasteiger partial charge in [-0.2, -0.15) is 0 Å². The summed E-state index contributed by atoms with van der Waals surface area (Å²) >= 11 is 1.75. The molecule has 78 valence electrons. The van der Waals surface area contributed by atoms with E-state index in [1.54, 1.807) is 18.1 Å². The minimum absolute atomic E-state index is 0.868. The van der Waals surface area contributed by atoms with Crippen LogP contribution in [0.3, 0.4) is 0 Å². The Kier molecular flexibility index (Phi) is 4.69. The molecule has 0 aliphatic rings. The van der Waals surface area contributed by atoms with Crippen molar-refractivity contribution in [3.8, 4) is 0 Å². The zero-order chi connectivity index (χ0) is 10.4. The Morgan fingerprint density at radius 2 is 2.21 bits per heavy atom. The zero-order valence-corrected chi connectivity index (χ0v) is 9.64. The van der Waals surface area contributed by atoms with E-state index in [2.05, 4.69) is 34.3 Å². The molecule has 0 unspecified atom stereocenters. The van der Waals surface area contributed by atoms with E-state index >= 15 is 0 Å². The highest BCUT2D eigenvalue weighted by atomic mass is 32.2. The highest BCUT2D eigenvalue weighted by Gasteiger charge is 1.98. The van der Waals surface area contributed by atoms with E-state index in [9.17, 15) is 0 Å². The fraction of sp³-hybridized carbons (Fsp3) is 0.556. The third kappa shape index (κ3) is 3.93. The summed E-state index contributed by atoms with van der Waals surface area (Å²) in [6.07, 6.45) is 1.59. The fourth-order valence-corrected chi connectivity index (χ4v) is 1.87. The second-order valence-corrected chi connectivity index (χ2v) is 4.26. The molecule has 0 bridgehead atoms. The average Bonchev–Trinajstić information content (AvgIpc) is 2.18.